The van der Waals surface area contributed by atoms with E-state index in [0.29, 0.717) is 10.8 Å². The van der Waals surface area contributed by atoms with Crippen LogP contribution in [-0.4, -0.2) is 4.57 Å². The van der Waals surface area contributed by atoms with Crippen molar-refractivity contribution >= 4 is 53.3 Å². The van der Waals surface area contributed by atoms with Crippen molar-refractivity contribution in [3.8, 4) is 27.9 Å². The predicted octanol–water partition coefficient (Wildman–Crippen LogP) is 15.4. The molecular weight excluding hydrogens is 719 g/mol. The van der Waals surface area contributed by atoms with Crippen LogP contribution in [-0.2, 0) is 10.8 Å². The fraction of sp³-hybridized carbons (Fsp3) is 0.357. The van der Waals surface area contributed by atoms with Gasteiger partial charge in [0.2, 0.25) is 0 Å². The standard InChI is InChI=1S/C56H51NS/c1-2-8-44(43(7-1)40-13-16-47-46-10-4-6-12-53(46)58-54(47)25-40)45-9-3-5-11-50(45)57-51-17-14-41(55-28-34-19-35(29-55)21-36(20-34)30-55)26-48(51)49-27-42(15-18-52(49)57)56-31-37-22-38(32-56)24-39(23-37)33-56/h1-18,25-27,34-39H,19-24,28-33H2. The van der Waals surface area contributed by atoms with Crippen LogP contribution < -0.4 is 0 Å². The Labute approximate surface area is 346 Å². The molecule has 0 spiro atoms. The Kier molecular flexibility index (Phi) is 6.85. The van der Waals surface area contributed by atoms with Gasteiger partial charge in [0.25, 0.3) is 0 Å². The topological polar surface area (TPSA) is 4.93 Å². The van der Waals surface area contributed by atoms with E-state index >= 15 is 0 Å². The van der Waals surface area contributed by atoms with Gasteiger partial charge in [-0.15, -0.1) is 11.3 Å². The summed E-state index contributed by atoms with van der Waals surface area (Å²) in [6.07, 6.45) is 17.4. The molecule has 8 bridgehead atoms. The molecule has 0 saturated heterocycles. The van der Waals surface area contributed by atoms with Gasteiger partial charge in [0.1, 0.15) is 0 Å². The molecule has 8 saturated carbocycles. The van der Waals surface area contributed by atoms with Crippen LogP contribution in [0.25, 0.3) is 69.9 Å². The molecule has 8 aliphatic rings. The van der Waals surface area contributed by atoms with Gasteiger partial charge in [-0.25, -0.2) is 0 Å². The van der Waals surface area contributed by atoms with Crippen LogP contribution in [0, 0.1) is 35.5 Å². The lowest BCUT2D eigenvalue weighted by molar-refractivity contribution is -0.00528. The lowest BCUT2D eigenvalue weighted by atomic mass is 9.48. The van der Waals surface area contributed by atoms with Crippen LogP contribution in [0.3, 0.4) is 0 Å². The van der Waals surface area contributed by atoms with Crippen LogP contribution in [0.15, 0.2) is 127 Å². The minimum absolute atomic E-state index is 0.376. The average Bonchev–Trinajstić information content (AvgIpc) is 3.77. The highest BCUT2D eigenvalue weighted by molar-refractivity contribution is 7.25. The molecule has 2 heteroatoms. The number of hydrogen-bond acceptors (Lipinski definition) is 1. The van der Waals surface area contributed by atoms with Crippen LogP contribution >= 0.6 is 11.3 Å². The third-order valence-electron chi connectivity index (χ3n) is 17.1. The summed E-state index contributed by atoms with van der Waals surface area (Å²) in [6, 6.07) is 50.1. The molecule has 16 rings (SSSR count). The molecule has 8 fully saturated rings. The molecule has 0 radical (unpaired) electrons. The van der Waals surface area contributed by atoms with E-state index in [9.17, 15) is 0 Å². The summed E-state index contributed by atoms with van der Waals surface area (Å²) >= 11 is 1.91. The first kappa shape index (κ1) is 33.2. The minimum Gasteiger partial charge on any atom is -0.309 e. The molecule has 0 N–H and O–H groups in total. The van der Waals surface area contributed by atoms with Crippen LogP contribution in [0.5, 0.6) is 0 Å². The van der Waals surface area contributed by atoms with E-state index in [1.165, 1.54) is 147 Å². The summed E-state index contributed by atoms with van der Waals surface area (Å²) in [4.78, 5) is 0. The van der Waals surface area contributed by atoms with E-state index in [1.54, 1.807) is 11.1 Å². The second-order valence-corrected chi connectivity index (χ2v) is 21.7. The minimum atomic E-state index is 0.376. The van der Waals surface area contributed by atoms with Gasteiger partial charge in [0.15, 0.2) is 0 Å². The summed E-state index contributed by atoms with van der Waals surface area (Å²) in [5.41, 5.74) is 13.2. The Morgan fingerprint density at radius 3 is 1.47 bits per heavy atom. The molecule has 2 aromatic heterocycles. The first-order chi connectivity index (χ1) is 28.5. The molecule has 0 aliphatic heterocycles. The fourth-order valence-electron chi connectivity index (χ4n) is 15.6. The lowest BCUT2D eigenvalue weighted by Crippen LogP contribution is -2.48. The van der Waals surface area contributed by atoms with Crippen LogP contribution in [0.1, 0.15) is 88.2 Å². The van der Waals surface area contributed by atoms with Crippen LogP contribution in [0.2, 0.25) is 0 Å². The zero-order valence-electron chi connectivity index (χ0n) is 33.4. The first-order valence-electron chi connectivity index (χ1n) is 22.7. The number of fused-ring (bicyclic) bond motifs is 6. The molecule has 8 aromatic rings. The highest BCUT2D eigenvalue weighted by atomic mass is 32.1. The van der Waals surface area contributed by atoms with E-state index in [1.807, 2.05) is 11.3 Å². The maximum absolute atomic E-state index is 2.72. The van der Waals surface area contributed by atoms with Gasteiger partial charge in [0, 0.05) is 36.5 Å². The molecule has 6 aromatic carbocycles. The highest BCUT2D eigenvalue weighted by Crippen LogP contribution is 2.63. The van der Waals surface area contributed by atoms with Crippen molar-refractivity contribution in [2.45, 2.75) is 87.9 Å². The number of para-hydroxylation sites is 1. The van der Waals surface area contributed by atoms with Gasteiger partial charge in [-0.3, -0.25) is 0 Å². The first-order valence-corrected chi connectivity index (χ1v) is 23.6. The Hall–Kier alpha value is -4.66. The van der Waals surface area contributed by atoms with Crippen LogP contribution in [0.4, 0.5) is 0 Å². The van der Waals surface area contributed by atoms with Crippen molar-refractivity contribution in [3.05, 3.63) is 139 Å². The summed E-state index contributed by atoms with van der Waals surface area (Å²) in [5.74, 6) is 5.65. The van der Waals surface area contributed by atoms with Crippen molar-refractivity contribution in [2.24, 2.45) is 35.5 Å². The fourth-order valence-corrected chi connectivity index (χ4v) is 16.8. The maximum Gasteiger partial charge on any atom is 0.0541 e. The largest absolute Gasteiger partial charge is 0.309 e. The Bertz CT molecular complexity index is 2820. The normalized spacial score (nSPS) is 30.8. The maximum atomic E-state index is 2.72. The van der Waals surface area contributed by atoms with Gasteiger partial charge in [-0.1, -0.05) is 84.9 Å². The molecule has 286 valence electrons. The SMILES string of the molecule is c1ccc(-c2ccccc2-n2c3ccc(C45CC6CC(CC(C6)C4)C5)cc3c3cc(C45CC6CC(CC(C6)C4)C5)ccc32)c(-c2ccc3c(c2)sc2ccccc23)c1. The third kappa shape index (κ3) is 4.76. The lowest BCUT2D eigenvalue weighted by Gasteiger charge is -2.57. The van der Waals surface area contributed by atoms with Gasteiger partial charge in [-0.05, 0) is 194 Å². The van der Waals surface area contributed by atoms with E-state index < -0.39 is 0 Å². The van der Waals surface area contributed by atoms with Gasteiger partial charge < -0.3 is 4.57 Å². The Balaban J connectivity index is 0.966. The van der Waals surface area contributed by atoms with Crippen molar-refractivity contribution in [2.75, 3.05) is 0 Å². The third-order valence-corrected chi connectivity index (χ3v) is 18.3. The molecule has 58 heavy (non-hydrogen) atoms. The molecule has 0 unspecified atom stereocenters. The number of aromatic nitrogens is 1. The smallest absolute Gasteiger partial charge is 0.0541 e. The van der Waals surface area contributed by atoms with Crippen molar-refractivity contribution in [3.63, 3.8) is 0 Å². The van der Waals surface area contributed by atoms with Crippen molar-refractivity contribution in [1.82, 2.24) is 4.57 Å². The van der Waals surface area contributed by atoms with Crippen molar-refractivity contribution < 1.29 is 0 Å². The summed E-state index contributed by atoms with van der Waals surface area (Å²) in [7, 11) is 0. The van der Waals surface area contributed by atoms with Gasteiger partial charge in [-0.2, -0.15) is 0 Å². The monoisotopic (exact) mass is 769 g/mol. The quantitative estimate of drug-likeness (QED) is 0.164. The average molecular weight is 770 g/mol. The zero-order chi connectivity index (χ0) is 37.7. The second kappa shape index (κ2) is 12.0. The number of benzene rings is 6. The molecule has 8 aliphatic carbocycles. The van der Waals surface area contributed by atoms with E-state index in [2.05, 4.69) is 132 Å². The molecule has 0 atom stereocenters. The van der Waals surface area contributed by atoms with Gasteiger partial charge >= 0.3 is 0 Å². The molecule has 1 nitrogen and oxygen atoms in total. The van der Waals surface area contributed by atoms with E-state index in [4.69, 9.17) is 0 Å². The highest BCUT2D eigenvalue weighted by Gasteiger charge is 2.53. The molecule has 2 heterocycles. The molecular formula is C56H51NS. The summed E-state index contributed by atoms with van der Waals surface area (Å²) < 4.78 is 5.37. The predicted molar refractivity (Wildman–Crippen MR) is 244 cm³/mol. The number of nitrogens with zero attached hydrogens (tertiary/aromatic N) is 1. The summed E-state index contributed by atoms with van der Waals surface area (Å²) in [6.45, 7) is 0. The summed E-state index contributed by atoms with van der Waals surface area (Å²) in [5, 5.41) is 5.67. The Morgan fingerprint density at radius 1 is 0.397 bits per heavy atom. The number of rotatable bonds is 5. The Morgan fingerprint density at radius 2 is 0.879 bits per heavy atom. The number of hydrogen-bond donors (Lipinski definition) is 0. The molecule has 0 amide bonds. The van der Waals surface area contributed by atoms with Gasteiger partial charge in [0.05, 0.1) is 16.7 Å². The number of thiophene rings is 1. The van der Waals surface area contributed by atoms with E-state index in [0.717, 1.165) is 35.5 Å². The van der Waals surface area contributed by atoms with Crippen molar-refractivity contribution in [1.29, 1.82) is 0 Å². The zero-order valence-corrected chi connectivity index (χ0v) is 34.2. The van der Waals surface area contributed by atoms with E-state index in [-0.39, 0.29) is 0 Å². The second-order valence-electron chi connectivity index (χ2n) is 20.6.